The van der Waals surface area contributed by atoms with Crippen LogP contribution in [0.1, 0.15) is 58.6 Å². The summed E-state index contributed by atoms with van der Waals surface area (Å²) in [4.78, 5) is 30.1. The molecule has 6 nitrogen and oxygen atoms in total. The average molecular weight is 521 g/mol. The van der Waals surface area contributed by atoms with Gasteiger partial charge in [-0.3, -0.25) is 9.79 Å². The number of aliphatic imine (C=N–C) groups is 1. The maximum Gasteiger partial charge on any atom is 0.319 e. The quantitative estimate of drug-likeness (QED) is 0.330. The van der Waals surface area contributed by atoms with Crippen molar-refractivity contribution in [3.8, 4) is 0 Å². The number of nitrogens with one attached hydrogen (secondary N) is 3. The number of hydrogen-bond acceptors (Lipinski definition) is 3. The number of halogens is 1. The zero-order chi connectivity index (χ0) is 27.6. The van der Waals surface area contributed by atoms with Gasteiger partial charge in [0.05, 0.1) is 11.4 Å². The van der Waals surface area contributed by atoms with Crippen molar-refractivity contribution in [1.82, 2.24) is 5.32 Å². The minimum Gasteiger partial charge on any atom is -0.333 e. The molecular formula is C30H37ClN4O2. The summed E-state index contributed by atoms with van der Waals surface area (Å²) in [5.41, 5.74) is 4.14. The number of carbonyl (C=O) groups is 2. The third-order valence-electron chi connectivity index (χ3n) is 5.29. The molecule has 1 aliphatic heterocycles. The first-order valence-corrected chi connectivity index (χ1v) is 12.8. The van der Waals surface area contributed by atoms with Crippen molar-refractivity contribution >= 4 is 40.6 Å². The standard InChI is InChI=1S/C28H31ClN4O2.C2H6/c1-6-8-18(7-2)9-15-24-26(34)32-23-16-12-20(29)17-22(23)25(31-24)19-10-13-21(14-11-19)30-27(35)33-28(3,4)5;1-2/h6-8,10-14,16-17,24H,1-2,9,15H2,3-5H3,(H,32,34)(H2,30,33,35);1-2H3/b18-8+;. The van der Waals surface area contributed by atoms with Crippen molar-refractivity contribution in [2.24, 2.45) is 4.99 Å². The lowest BCUT2D eigenvalue weighted by molar-refractivity contribution is -0.117. The van der Waals surface area contributed by atoms with Crippen LogP contribution in [-0.2, 0) is 4.79 Å². The molecule has 0 aromatic heterocycles. The first-order chi connectivity index (χ1) is 17.6. The van der Waals surface area contributed by atoms with Crippen molar-refractivity contribution < 1.29 is 9.59 Å². The van der Waals surface area contributed by atoms with Crippen LogP contribution in [0.25, 0.3) is 0 Å². The van der Waals surface area contributed by atoms with E-state index >= 15 is 0 Å². The van der Waals surface area contributed by atoms with E-state index in [1.54, 1.807) is 30.4 Å². The van der Waals surface area contributed by atoms with E-state index in [-0.39, 0.29) is 17.5 Å². The first kappa shape index (κ1) is 29.6. The van der Waals surface area contributed by atoms with E-state index in [9.17, 15) is 9.59 Å². The molecule has 3 amide bonds. The molecule has 1 aliphatic rings. The van der Waals surface area contributed by atoms with Gasteiger partial charge in [0.2, 0.25) is 5.91 Å². The van der Waals surface area contributed by atoms with E-state index in [2.05, 4.69) is 29.1 Å². The Morgan fingerprint density at radius 1 is 1.14 bits per heavy atom. The van der Waals surface area contributed by atoms with Crippen LogP contribution in [0.3, 0.4) is 0 Å². The van der Waals surface area contributed by atoms with E-state index in [4.69, 9.17) is 16.6 Å². The van der Waals surface area contributed by atoms with E-state index in [0.717, 1.165) is 16.7 Å². The van der Waals surface area contributed by atoms with Crippen LogP contribution in [0.15, 0.2) is 84.4 Å². The minimum atomic E-state index is -0.597. The minimum absolute atomic E-state index is 0.178. The molecule has 0 bridgehead atoms. The van der Waals surface area contributed by atoms with E-state index < -0.39 is 6.04 Å². The van der Waals surface area contributed by atoms with Gasteiger partial charge in [0, 0.05) is 27.4 Å². The zero-order valence-electron chi connectivity index (χ0n) is 22.3. The number of urea groups is 1. The van der Waals surface area contributed by atoms with Crippen LogP contribution in [0.2, 0.25) is 5.02 Å². The maximum absolute atomic E-state index is 13.0. The van der Waals surface area contributed by atoms with Gasteiger partial charge in [-0.1, -0.05) is 69.0 Å². The fourth-order valence-corrected chi connectivity index (χ4v) is 3.84. The molecule has 0 aliphatic carbocycles. The molecule has 0 radical (unpaired) electrons. The highest BCUT2D eigenvalue weighted by Crippen LogP contribution is 2.29. The van der Waals surface area contributed by atoms with Crippen LogP contribution in [0.4, 0.5) is 16.2 Å². The number of amides is 3. The molecule has 3 N–H and O–H groups in total. The van der Waals surface area contributed by atoms with Gasteiger partial charge in [-0.2, -0.15) is 0 Å². The Kier molecular flexibility index (Phi) is 10.9. The Balaban J connectivity index is 0.00000235. The number of rotatable bonds is 7. The molecule has 0 saturated heterocycles. The van der Waals surface area contributed by atoms with E-state index in [1.807, 2.05) is 65.0 Å². The number of allylic oxidation sites excluding steroid dienone is 4. The molecule has 7 heteroatoms. The third kappa shape index (κ3) is 8.76. The summed E-state index contributed by atoms with van der Waals surface area (Å²) < 4.78 is 0. The van der Waals surface area contributed by atoms with E-state index in [0.29, 0.717) is 35.0 Å². The lowest BCUT2D eigenvalue weighted by atomic mass is 10.00. The Hall–Kier alpha value is -3.64. The number of fused-ring (bicyclic) bond motifs is 1. The number of hydrogen-bond donors (Lipinski definition) is 3. The molecular weight excluding hydrogens is 484 g/mol. The highest BCUT2D eigenvalue weighted by atomic mass is 35.5. The van der Waals surface area contributed by atoms with Crippen molar-refractivity contribution in [1.29, 1.82) is 0 Å². The van der Waals surface area contributed by atoms with Crippen molar-refractivity contribution in [2.45, 2.75) is 59.0 Å². The van der Waals surface area contributed by atoms with Gasteiger partial charge in [0.25, 0.3) is 0 Å². The molecule has 196 valence electrons. The Bertz CT molecular complexity index is 1190. The zero-order valence-corrected chi connectivity index (χ0v) is 23.1. The lowest BCUT2D eigenvalue weighted by Gasteiger charge is -2.20. The Labute approximate surface area is 225 Å². The second kappa shape index (κ2) is 13.6. The molecule has 2 aromatic rings. The fourth-order valence-electron chi connectivity index (χ4n) is 3.67. The van der Waals surface area contributed by atoms with Gasteiger partial charge in [0.15, 0.2) is 0 Å². The summed E-state index contributed by atoms with van der Waals surface area (Å²) in [5.74, 6) is -0.178. The molecule has 1 unspecified atom stereocenters. The first-order valence-electron chi connectivity index (χ1n) is 12.4. The molecule has 37 heavy (non-hydrogen) atoms. The van der Waals surface area contributed by atoms with Gasteiger partial charge in [-0.25, -0.2) is 4.79 Å². The summed E-state index contributed by atoms with van der Waals surface area (Å²) >= 11 is 6.30. The molecule has 1 atom stereocenters. The van der Waals surface area contributed by atoms with Crippen LogP contribution in [0.5, 0.6) is 0 Å². The van der Waals surface area contributed by atoms with Crippen LogP contribution in [-0.4, -0.2) is 29.2 Å². The number of benzodiazepines with no additional fused rings is 1. The largest absolute Gasteiger partial charge is 0.333 e. The lowest BCUT2D eigenvalue weighted by Crippen LogP contribution is -2.43. The number of benzene rings is 2. The SMILES string of the molecule is C=C/C=C(\C=C)CCC1N=C(c2ccc(NC(=O)NC(C)(C)C)cc2)c2cc(Cl)ccc2NC1=O.CC. The predicted octanol–water partition coefficient (Wildman–Crippen LogP) is 7.52. The van der Waals surface area contributed by atoms with Crippen molar-refractivity contribution in [3.63, 3.8) is 0 Å². The van der Waals surface area contributed by atoms with Crippen LogP contribution < -0.4 is 16.0 Å². The predicted molar refractivity (Wildman–Crippen MR) is 157 cm³/mol. The highest BCUT2D eigenvalue weighted by molar-refractivity contribution is 6.32. The third-order valence-corrected chi connectivity index (χ3v) is 5.52. The monoisotopic (exact) mass is 520 g/mol. The van der Waals surface area contributed by atoms with Crippen molar-refractivity contribution in [2.75, 3.05) is 10.6 Å². The van der Waals surface area contributed by atoms with Gasteiger partial charge < -0.3 is 16.0 Å². The van der Waals surface area contributed by atoms with Gasteiger partial charge in [0.1, 0.15) is 6.04 Å². The van der Waals surface area contributed by atoms with Gasteiger partial charge in [-0.15, -0.1) is 0 Å². The molecule has 3 rings (SSSR count). The van der Waals surface area contributed by atoms with Crippen LogP contribution >= 0.6 is 11.6 Å². The summed E-state index contributed by atoms with van der Waals surface area (Å²) in [6.45, 7) is 17.3. The molecule has 2 aromatic carbocycles. The molecule has 0 fully saturated rings. The van der Waals surface area contributed by atoms with Crippen LogP contribution in [0, 0.1) is 0 Å². The van der Waals surface area contributed by atoms with Gasteiger partial charge in [-0.05, 0) is 69.5 Å². The van der Waals surface area contributed by atoms with Crippen molar-refractivity contribution in [3.05, 3.63) is 95.6 Å². The normalized spacial score (nSPS) is 15.1. The maximum atomic E-state index is 13.0. The summed E-state index contributed by atoms with van der Waals surface area (Å²) in [6.07, 6.45) is 6.48. The smallest absolute Gasteiger partial charge is 0.319 e. The second-order valence-corrected chi connectivity index (χ2v) is 9.74. The summed E-state index contributed by atoms with van der Waals surface area (Å²) in [6, 6.07) is 11.8. The molecule has 1 heterocycles. The van der Waals surface area contributed by atoms with Gasteiger partial charge >= 0.3 is 6.03 Å². The topological polar surface area (TPSA) is 82.6 Å². The second-order valence-electron chi connectivity index (χ2n) is 9.30. The summed E-state index contributed by atoms with van der Waals surface area (Å²) in [5, 5.41) is 9.24. The molecule has 0 saturated carbocycles. The average Bonchev–Trinajstić information content (AvgIpc) is 2.98. The number of anilines is 2. The highest BCUT2D eigenvalue weighted by Gasteiger charge is 2.26. The Morgan fingerprint density at radius 3 is 2.41 bits per heavy atom. The van der Waals surface area contributed by atoms with E-state index in [1.165, 1.54) is 0 Å². The number of carbonyl (C=O) groups excluding carboxylic acids is 2. The fraction of sp³-hybridized carbons (Fsp3) is 0.300. The Morgan fingerprint density at radius 2 is 1.81 bits per heavy atom. The summed E-state index contributed by atoms with van der Waals surface area (Å²) in [7, 11) is 0. The molecule has 0 spiro atoms. The number of nitrogens with zero attached hydrogens (tertiary/aromatic N) is 1.